The number of hydrogen-bond donors (Lipinski definition) is 2. The summed E-state index contributed by atoms with van der Waals surface area (Å²) >= 11 is 6.25. The van der Waals surface area contributed by atoms with Gasteiger partial charge in [0.2, 0.25) is 5.95 Å². The Morgan fingerprint density at radius 1 is 1.44 bits per heavy atom. The number of nitrogen functional groups attached to an aromatic ring is 1. The van der Waals surface area contributed by atoms with Gasteiger partial charge in [-0.15, -0.1) is 0 Å². The third-order valence-corrected chi connectivity index (χ3v) is 3.99. The molecule has 7 nitrogen and oxygen atoms in total. The van der Waals surface area contributed by atoms with Crippen LogP contribution in [0, 0.1) is 0 Å². The molecule has 0 fully saturated rings. The minimum Gasteiger partial charge on any atom is -0.396 e. The first-order chi connectivity index (χ1) is 13.0. The van der Waals surface area contributed by atoms with E-state index in [-0.39, 0.29) is 23.8 Å². The number of nitrogens with zero attached hydrogens (tertiary/aromatic N) is 4. The number of nitrogens with two attached hydrogens (primary N) is 1. The molecule has 0 radical (unpaired) electrons. The average molecular weight is 396 g/mol. The van der Waals surface area contributed by atoms with Crippen molar-refractivity contribution in [3.05, 3.63) is 28.7 Å². The number of allylic oxidation sites excluding steroid dienone is 1. The Morgan fingerprint density at radius 3 is 2.74 bits per heavy atom. The fourth-order valence-corrected chi connectivity index (χ4v) is 2.82. The molecule has 0 aliphatic rings. The number of halogens is 1. The molecule has 8 heteroatoms. The van der Waals surface area contributed by atoms with Crippen molar-refractivity contribution in [3.8, 4) is 0 Å². The van der Waals surface area contributed by atoms with Gasteiger partial charge in [-0.1, -0.05) is 32.4 Å². The summed E-state index contributed by atoms with van der Waals surface area (Å²) in [6, 6.07) is 0. The molecule has 150 valence electrons. The molecule has 0 saturated heterocycles. The van der Waals surface area contributed by atoms with E-state index in [0.29, 0.717) is 24.0 Å². The van der Waals surface area contributed by atoms with Crippen molar-refractivity contribution >= 4 is 34.8 Å². The van der Waals surface area contributed by atoms with Crippen molar-refractivity contribution in [2.45, 2.75) is 53.2 Å². The number of fused-ring (bicyclic) bond motifs is 1. The summed E-state index contributed by atoms with van der Waals surface area (Å²) in [5.74, 6) is 0.111. The summed E-state index contributed by atoms with van der Waals surface area (Å²) in [6.07, 6.45) is 6.95. The molecule has 2 aromatic heterocycles. The number of aromatic nitrogens is 3. The molecule has 0 amide bonds. The van der Waals surface area contributed by atoms with Crippen LogP contribution in [-0.4, -0.2) is 45.7 Å². The minimum atomic E-state index is -0.0639. The van der Waals surface area contributed by atoms with Gasteiger partial charge in [-0.2, -0.15) is 4.98 Å². The maximum Gasteiger partial charge on any atom is 0.223 e. The first kappa shape index (κ1) is 23.1. The lowest BCUT2D eigenvalue weighted by Gasteiger charge is -2.09. The SMILES string of the molecule is CC.CCC=N/C(=C\C(C)OC)Cn1cc(CCO)c2c(Cl)nc(N)nc21. The van der Waals surface area contributed by atoms with Crippen LogP contribution in [0.25, 0.3) is 11.0 Å². The normalized spacial score (nSPS) is 13.1. The van der Waals surface area contributed by atoms with Gasteiger partial charge in [-0.25, -0.2) is 4.98 Å². The maximum atomic E-state index is 9.31. The predicted octanol–water partition coefficient (Wildman–Crippen LogP) is 3.63. The summed E-state index contributed by atoms with van der Waals surface area (Å²) in [6.45, 7) is 8.47. The Bertz CT molecular complexity index is 786. The number of hydrogen-bond acceptors (Lipinski definition) is 6. The quantitative estimate of drug-likeness (QED) is 0.525. The van der Waals surface area contributed by atoms with Crippen molar-refractivity contribution in [2.24, 2.45) is 4.99 Å². The van der Waals surface area contributed by atoms with E-state index in [1.807, 2.05) is 50.7 Å². The predicted molar refractivity (Wildman–Crippen MR) is 112 cm³/mol. The van der Waals surface area contributed by atoms with E-state index in [1.54, 1.807) is 7.11 Å². The van der Waals surface area contributed by atoms with Crippen LogP contribution >= 0.6 is 11.6 Å². The number of aliphatic hydroxyl groups is 1. The van der Waals surface area contributed by atoms with Gasteiger partial charge in [-0.05, 0) is 31.4 Å². The van der Waals surface area contributed by atoms with Crippen molar-refractivity contribution in [2.75, 3.05) is 19.5 Å². The maximum absolute atomic E-state index is 9.31. The van der Waals surface area contributed by atoms with E-state index in [2.05, 4.69) is 15.0 Å². The number of aliphatic hydroxyl groups excluding tert-OH is 1. The van der Waals surface area contributed by atoms with Crippen molar-refractivity contribution in [1.29, 1.82) is 0 Å². The summed E-state index contributed by atoms with van der Waals surface area (Å²) < 4.78 is 7.23. The molecule has 0 aliphatic carbocycles. The van der Waals surface area contributed by atoms with Crippen LogP contribution in [0.15, 0.2) is 23.0 Å². The van der Waals surface area contributed by atoms with Crippen LogP contribution in [0.5, 0.6) is 0 Å². The molecule has 0 aromatic carbocycles. The lowest BCUT2D eigenvalue weighted by atomic mass is 10.2. The summed E-state index contributed by atoms with van der Waals surface area (Å²) in [7, 11) is 1.65. The van der Waals surface area contributed by atoms with Crippen LogP contribution in [0.2, 0.25) is 5.15 Å². The van der Waals surface area contributed by atoms with Gasteiger partial charge in [0.25, 0.3) is 0 Å². The van der Waals surface area contributed by atoms with Gasteiger partial charge in [0.15, 0.2) is 0 Å². The number of methoxy groups -OCH3 is 1. The zero-order chi connectivity index (χ0) is 20.4. The molecule has 0 aliphatic heterocycles. The Hall–Kier alpha value is -1.96. The molecular weight excluding hydrogens is 366 g/mol. The highest BCUT2D eigenvalue weighted by molar-refractivity contribution is 6.34. The lowest BCUT2D eigenvalue weighted by molar-refractivity contribution is 0.155. The number of anilines is 1. The molecule has 1 atom stereocenters. The fraction of sp³-hybridized carbons (Fsp3) is 0.526. The van der Waals surface area contributed by atoms with Crippen LogP contribution in [0.4, 0.5) is 5.95 Å². The Balaban J connectivity index is 0.00000176. The standard InChI is InChI=1S/C17H24ClN5O2.C2H6/c1-4-6-20-13(8-11(2)25-3)10-23-9-12(5-7-24)14-15(18)21-17(19)22-16(14)23;1-2/h6,8-9,11,24H,4-5,7,10H2,1-3H3,(H2,19,21,22);1-2H3/b13-8-,20-6?;. The van der Waals surface area contributed by atoms with E-state index in [1.165, 1.54) is 0 Å². The van der Waals surface area contributed by atoms with Crippen LogP contribution < -0.4 is 5.73 Å². The van der Waals surface area contributed by atoms with Gasteiger partial charge in [0.05, 0.1) is 23.7 Å². The molecule has 2 aromatic rings. The van der Waals surface area contributed by atoms with Gasteiger partial charge < -0.3 is 20.1 Å². The van der Waals surface area contributed by atoms with Crippen molar-refractivity contribution in [3.63, 3.8) is 0 Å². The fourth-order valence-electron chi connectivity index (χ4n) is 2.52. The molecule has 0 bridgehead atoms. The monoisotopic (exact) mass is 395 g/mol. The number of rotatable bonds is 8. The first-order valence-electron chi connectivity index (χ1n) is 9.17. The highest BCUT2D eigenvalue weighted by Gasteiger charge is 2.16. The highest BCUT2D eigenvalue weighted by Crippen LogP contribution is 2.28. The zero-order valence-corrected chi connectivity index (χ0v) is 17.5. The molecule has 0 spiro atoms. The van der Waals surface area contributed by atoms with Gasteiger partial charge in [-0.3, -0.25) is 4.99 Å². The molecule has 2 heterocycles. The van der Waals surface area contributed by atoms with Crippen molar-refractivity contribution in [1.82, 2.24) is 14.5 Å². The number of aliphatic imine (C=N–C) groups is 1. The van der Waals surface area contributed by atoms with Gasteiger partial charge in [0, 0.05) is 26.1 Å². The zero-order valence-electron chi connectivity index (χ0n) is 16.7. The van der Waals surface area contributed by atoms with Crippen LogP contribution in [-0.2, 0) is 17.7 Å². The molecule has 1 unspecified atom stereocenters. The summed E-state index contributed by atoms with van der Waals surface area (Å²) in [5, 5.41) is 10.3. The average Bonchev–Trinajstić information content (AvgIpc) is 2.98. The minimum absolute atomic E-state index is 0.0111. The van der Waals surface area contributed by atoms with E-state index in [9.17, 15) is 5.11 Å². The smallest absolute Gasteiger partial charge is 0.223 e. The lowest BCUT2D eigenvalue weighted by Crippen LogP contribution is -2.06. The summed E-state index contributed by atoms with van der Waals surface area (Å²) in [4.78, 5) is 12.9. The van der Waals surface area contributed by atoms with Gasteiger partial charge in [0.1, 0.15) is 10.8 Å². The third-order valence-electron chi connectivity index (χ3n) is 3.72. The third kappa shape index (κ3) is 6.30. The van der Waals surface area contributed by atoms with E-state index >= 15 is 0 Å². The van der Waals surface area contributed by atoms with E-state index in [4.69, 9.17) is 22.1 Å². The van der Waals surface area contributed by atoms with E-state index in [0.717, 1.165) is 17.7 Å². The Labute approximate surface area is 165 Å². The second-order valence-electron chi connectivity index (χ2n) is 5.65. The Kier molecular flexibility index (Phi) is 9.99. The van der Waals surface area contributed by atoms with Crippen LogP contribution in [0.1, 0.15) is 39.7 Å². The van der Waals surface area contributed by atoms with Crippen LogP contribution in [0.3, 0.4) is 0 Å². The van der Waals surface area contributed by atoms with Crippen molar-refractivity contribution < 1.29 is 9.84 Å². The topological polar surface area (TPSA) is 98.5 Å². The molecule has 27 heavy (non-hydrogen) atoms. The molecule has 0 saturated carbocycles. The highest BCUT2D eigenvalue weighted by atomic mass is 35.5. The molecular formula is C19H30ClN5O2. The molecule has 2 rings (SSSR count). The second-order valence-corrected chi connectivity index (χ2v) is 6.00. The second kappa shape index (κ2) is 11.7. The summed E-state index contributed by atoms with van der Waals surface area (Å²) in [5.41, 5.74) is 8.11. The Morgan fingerprint density at radius 2 is 2.15 bits per heavy atom. The van der Waals surface area contributed by atoms with E-state index < -0.39 is 0 Å². The largest absolute Gasteiger partial charge is 0.396 e. The number of ether oxygens (including phenoxy) is 1. The van der Waals surface area contributed by atoms with Gasteiger partial charge >= 0.3 is 0 Å². The first-order valence-corrected chi connectivity index (χ1v) is 9.55. The molecule has 3 N–H and O–H groups in total.